The van der Waals surface area contributed by atoms with E-state index in [1.807, 2.05) is 18.2 Å². The summed E-state index contributed by atoms with van der Waals surface area (Å²) in [6.45, 7) is 0. The molecule has 1 aliphatic heterocycles. The molecular weight excluding hydrogens is 154 g/mol. The van der Waals surface area contributed by atoms with Crippen LogP contribution in [0.3, 0.4) is 0 Å². The van der Waals surface area contributed by atoms with Crippen molar-refractivity contribution < 1.29 is 9.53 Å². The predicted molar refractivity (Wildman–Crippen MR) is 44.5 cm³/mol. The van der Waals surface area contributed by atoms with Gasteiger partial charge < -0.3 is 4.74 Å². The van der Waals surface area contributed by atoms with Gasteiger partial charge in [0.1, 0.15) is 5.75 Å². The van der Waals surface area contributed by atoms with E-state index in [0.717, 1.165) is 5.56 Å². The number of hydrogen-bond donors (Lipinski definition) is 0. The third kappa shape index (κ3) is 0.830. The average molecular weight is 161 g/mol. The highest BCUT2D eigenvalue weighted by molar-refractivity contribution is 6.46. The number of carbonyl (C=O) groups is 1. The third-order valence-electron chi connectivity index (χ3n) is 1.76. The van der Waals surface area contributed by atoms with E-state index in [1.54, 1.807) is 13.1 Å². The minimum absolute atomic E-state index is 0.362. The molecular formula is C9H7NO2. The molecule has 0 saturated carbocycles. The normalized spacial score (nSPS) is 17.8. The molecule has 0 bridgehead atoms. The van der Waals surface area contributed by atoms with Crippen LogP contribution in [0.1, 0.15) is 5.56 Å². The lowest BCUT2D eigenvalue weighted by Crippen LogP contribution is -2.11. The van der Waals surface area contributed by atoms with Crippen LogP contribution >= 0.6 is 0 Å². The fourth-order valence-electron chi connectivity index (χ4n) is 1.22. The zero-order valence-electron chi connectivity index (χ0n) is 6.57. The molecule has 2 rings (SSSR count). The molecule has 0 amide bonds. The fourth-order valence-corrected chi connectivity index (χ4v) is 1.22. The number of aliphatic imine (C=N–C) groups is 1. The van der Waals surface area contributed by atoms with Crippen molar-refractivity contribution in [2.45, 2.75) is 0 Å². The Balaban J connectivity index is 2.62. The van der Waals surface area contributed by atoms with Gasteiger partial charge >= 0.3 is 5.97 Å². The fraction of sp³-hybridized carbons (Fsp3) is 0.111. The van der Waals surface area contributed by atoms with Gasteiger partial charge in [0.05, 0.1) is 5.56 Å². The molecule has 1 aliphatic rings. The summed E-state index contributed by atoms with van der Waals surface area (Å²) in [4.78, 5) is 15.0. The summed E-state index contributed by atoms with van der Waals surface area (Å²) in [6.07, 6.45) is 0. The number of hydrogen-bond acceptors (Lipinski definition) is 3. The van der Waals surface area contributed by atoms with Gasteiger partial charge in [-0.1, -0.05) is 12.1 Å². The Morgan fingerprint density at radius 2 is 2.08 bits per heavy atom. The van der Waals surface area contributed by atoms with Crippen molar-refractivity contribution in [3.05, 3.63) is 29.8 Å². The number of fused-ring (bicyclic) bond motifs is 1. The predicted octanol–water partition coefficient (Wildman–Crippen LogP) is 1.02. The molecule has 1 heterocycles. The second-order valence-electron chi connectivity index (χ2n) is 2.46. The smallest absolute Gasteiger partial charge is 0.362 e. The molecule has 12 heavy (non-hydrogen) atoms. The summed E-state index contributed by atoms with van der Waals surface area (Å²) in [5, 5.41) is 0. The van der Waals surface area contributed by atoms with E-state index < -0.39 is 0 Å². The van der Waals surface area contributed by atoms with E-state index in [1.165, 1.54) is 0 Å². The Hall–Kier alpha value is -1.64. The molecule has 0 spiro atoms. The summed E-state index contributed by atoms with van der Waals surface area (Å²) < 4.78 is 4.94. The zero-order valence-corrected chi connectivity index (χ0v) is 6.57. The molecule has 0 saturated heterocycles. The first kappa shape index (κ1) is 7.03. The Morgan fingerprint density at radius 1 is 1.33 bits per heavy atom. The van der Waals surface area contributed by atoms with Crippen LogP contribution in [0, 0.1) is 0 Å². The highest BCUT2D eigenvalue weighted by Gasteiger charge is 2.26. The van der Waals surface area contributed by atoms with Gasteiger partial charge in [-0.25, -0.2) is 4.79 Å². The molecule has 3 nitrogen and oxygen atoms in total. The van der Waals surface area contributed by atoms with E-state index in [4.69, 9.17) is 4.74 Å². The molecule has 1 aromatic carbocycles. The minimum atomic E-state index is -0.362. The zero-order chi connectivity index (χ0) is 8.55. The molecule has 0 atom stereocenters. The number of rotatable bonds is 0. The second-order valence-corrected chi connectivity index (χ2v) is 2.46. The lowest BCUT2D eigenvalue weighted by molar-refractivity contribution is -0.126. The summed E-state index contributed by atoms with van der Waals surface area (Å²) in [5.74, 6) is 0.238. The van der Waals surface area contributed by atoms with Crippen LogP contribution in [0.5, 0.6) is 5.75 Å². The molecule has 0 N–H and O–H groups in total. The van der Waals surface area contributed by atoms with Crippen LogP contribution in [0.4, 0.5) is 0 Å². The van der Waals surface area contributed by atoms with Crippen molar-refractivity contribution in [3.63, 3.8) is 0 Å². The lowest BCUT2D eigenvalue weighted by atomic mass is 10.1. The average Bonchev–Trinajstić information content (AvgIpc) is 2.40. The van der Waals surface area contributed by atoms with E-state index in [2.05, 4.69) is 4.99 Å². The van der Waals surface area contributed by atoms with Crippen molar-refractivity contribution >= 4 is 11.7 Å². The highest BCUT2D eigenvalue weighted by Crippen LogP contribution is 2.25. The van der Waals surface area contributed by atoms with Gasteiger partial charge in [-0.15, -0.1) is 0 Å². The van der Waals surface area contributed by atoms with E-state index in [0.29, 0.717) is 11.5 Å². The maximum atomic E-state index is 11.1. The molecule has 60 valence electrons. The molecule has 0 fully saturated rings. The third-order valence-corrected chi connectivity index (χ3v) is 1.76. The number of nitrogens with zero attached hydrogens (tertiary/aromatic N) is 1. The van der Waals surface area contributed by atoms with Crippen LogP contribution in [0.15, 0.2) is 29.3 Å². The van der Waals surface area contributed by atoms with Crippen molar-refractivity contribution in [1.29, 1.82) is 0 Å². The Kier molecular flexibility index (Phi) is 1.43. The summed E-state index contributed by atoms with van der Waals surface area (Å²) in [7, 11) is 1.58. The van der Waals surface area contributed by atoms with E-state index in [-0.39, 0.29) is 5.97 Å². The van der Waals surface area contributed by atoms with Gasteiger partial charge in [-0.3, -0.25) is 4.99 Å². The maximum Gasteiger partial charge on any atom is 0.362 e. The van der Waals surface area contributed by atoms with Crippen molar-refractivity contribution in [3.8, 4) is 5.75 Å². The first-order valence-electron chi connectivity index (χ1n) is 3.61. The minimum Gasteiger partial charge on any atom is -0.421 e. The summed E-state index contributed by atoms with van der Waals surface area (Å²) in [5.41, 5.74) is 1.19. The van der Waals surface area contributed by atoms with Gasteiger partial charge in [0, 0.05) is 7.05 Å². The van der Waals surface area contributed by atoms with Gasteiger partial charge in [-0.2, -0.15) is 0 Å². The SMILES string of the molecule is CN=C1C(=O)Oc2ccccc21. The van der Waals surface area contributed by atoms with Gasteiger partial charge in [0.2, 0.25) is 0 Å². The monoisotopic (exact) mass is 161 g/mol. The number of ether oxygens (including phenoxy) is 1. The van der Waals surface area contributed by atoms with Crippen molar-refractivity contribution in [2.24, 2.45) is 4.99 Å². The second kappa shape index (κ2) is 2.44. The van der Waals surface area contributed by atoms with Crippen LogP contribution in [0.2, 0.25) is 0 Å². The molecule has 3 heteroatoms. The molecule has 0 radical (unpaired) electrons. The quantitative estimate of drug-likeness (QED) is 0.421. The van der Waals surface area contributed by atoms with Crippen LogP contribution in [0.25, 0.3) is 0 Å². The van der Waals surface area contributed by atoms with Gasteiger partial charge in [0.15, 0.2) is 5.71 Å². The number of carbonyl (C=O) groups excluding carboxylic acids is 1. The van der Waals surface area contributed by atoms with Crippen LogP contribution in [-0.4, -0.2) is 18.7 Å². The summed E-state index contributed by atoms with van der Waals surface area (Å²) in [6, 6.07) is 7.25. The first-order valence-corrected chi connectivity index (χ1v) is 3.61. The molecule has 0 aromatic heterocycles. The number of benzene rings is 1. The Morgan fingerprint density at radius 3 is 2.83 bits per heavy atom. The number of esters is 1. The maximum absolute atomic E-state index is 11.1. The van der Waals surface area contributed by atoms with Gasteiger partial charge in [0.25, 0.3) is 0 Å². The summed E-state index contributed by atoms with van der Waals surface area (Å²) >= 11 is 0. The molecule has 0 unspecified atom stereocenters. The van der Waals surface area contributed by atoms with E-state index >= 15 is 0 Å². The molecule has 1 aromatic rings. The number of para-hydroxylation sites is 1. The van der Waals surface area contributed by atoms with Crippen molar-refractivity contribution in [2.75, 3.05) is 7.05 Å². The lowest BCUT2D eigenvalue weighted by Gasteiger charge is -1.91. The van der Waals surface area contributed by atoms with Gasteiger partial charge in [-0.05, 0) is 12.1 Å². The largest absolute Gasteiger partial charge is 0.421 e. The van der Waals surface area contributed by atoms with E-state index in [9.17, 15) is 4.79 Å². The Labute approximate surface area is 69.7 Å². The Bertz CT molecular complexity index is 369. The highest BCUT2D eigenvalue weighted by atomic mass is 16.5. The molecule has 0 aliphatic carbocycles. The van der Waals surface area contributed by atoms with Crippen LogP contribution < -0.4 is 4.74 Å². The first-order chi connectivity index (χ1) is 5.83. The van der Waals surface area contributed by atoms with Crippen molar-refractivity contribution in [1.82, 2.24) is 0 Å². The topological polar surface area (TPSA) is 38.7 Å². The van der Waals surface area contributed by atoms with Crippen LogP contribution in [-0.2, 0) is 4.79 Å². The standard InChI is InChI=1S/C9H7NO2/c1-10-8-6-4-2-3-5-7(6)12-9(8)11/h2-5H,1H3.